The van der Waals surface area contributed by atoms with Crippen molar-refractivity contribution in [1.29, 1.82) is 0 Å². The van der Waals surface area contributed by atoms with Crippen molar-refractivity contribution in [2.24, 2.45) is 5.73 Å². The summed E-state index contributed by atoms with van der Waals surface area (Å²) in [6.45, 7) is 3.90. The molecule has 0 aliphatic carbocycles. The summed E-state index contributed by atoms with van der Waals surface area (Å²) in [6, 6.07) is 1.63. The molecular formula is C12H14N2O4S. The number of carbonyl (C=O) groups is 3. The molecule has 0 bridgehead atoms. The number of nitrogens with two attached hydrogens (primary N) is 1. The van der Waals surface area contributed by atoms with E-state index in [4.69, 9.17) is 10.8 Å². The summed E-state index contributed by atoms with van der Waals surface area (Å²) in [7, 11) is 0. The molecule has 0 fully saturated rings. The molecule has 19 heavy (non-hydrogen) atoms. The van der Waals surface area contributed by atoms with Crippen LogP contribution in [0.4, 0.5) is 5.00 Å². The molecule has 4 N–H and O–H groups in total. The predicted octanol–water partition coefficient (Wildman–Crippen LogP) is 1.55. The maximum absolute atomic E-state index is 11.5. The predicted molar refractivity (Wildman–Crippen MR) is 72.3 cm³/mol. The monoisotopic (exact) mass is 282 g/mol. The van der Waals surface area contributed by atoms with E-state index in [9.17, 15) is 14.4 Å². The fraction of sp³-hybridized carbons (Fsp3) is 0.250. The Morgan fingerprint density at radius 1 is 1.37 bits per heavy atom. The number of carboxylic acid groups (broad SMARTS) is 1. The van der Waals surface area contributed by atoms with Crippen LogP contribution in [0.3, 0.4) is 0 Å². The summed E-state index contributed by atoms with van der Waals surface area (Å²) < 4.78 is 0. The van der Waals surface area contributed by atoms with Gasteiger partial charge in [0.2, 0.25) is 5.91 Å². The Kier molecular flexibility index (Phi) is 4.82. The number of carbonyl (C=O) groups excluding carboxylic acids is 2. The van der Waals surface area contributed by atoms with Crippen LogP contribution in [0.25, 0.3) is 0 Å². The zero-order valence-corrected chi connectivity index (χ0v) is 11.3. The first-order valence-electron chi connectivity index (χ1n) is 5.46. The van der Waals surface area contributed by atoms with E-state index in [1.807, 2.05) is 13.8 Å². The fourth-order valence-electron chi connectivity index (χ4n) is 1.27. The van der Waals surface area contributed by atoms with Crippen LogP contribution in [0, 0.1) is 0 Å². The molecule has 0 atom stereocenters. The van der Waals surface area contributed by atoms with Gasteiger partial charge in [-0.3, -0.25) is 9.59 Å². The molecular weight excluding hydrogens is 268 g/mol. The van der Waals surface area contributed by atoms with Gasteiger partial charge in [0, 0.05) is 17.0 Å². The number of primary amides is 1. The van der Waals surface area contributed by atoms with Crippen LogP contribution in [-0.2, 0) is 9.59 Å². The van der Waals surface area contributed by atoms with E-state index >= 15 is 0 Å². The zero-order chi connectivity index (χ0) is 14.6. The number of hydrogen-bond acceptors (Lipinski definition) is 4. The molecule has 1 aromatic rings. The summed E-state index contributed by atoms with van der Waals surface area (Å²) >= 11 is 1.24. The summed E-state index contributed by atoms with van der Waals surface area (Å²) in [4.78, 5) is 33.9. The number of rotatable bonds is 5. The highest BCUT2D eigenvalue weighted by molar-refractivity contribution is 7.16. The molecule has 2 amide bonds. The Bertz CT molecular complexity index is 546. The van der Waals surface area contributed by atoms with Crippen molar-refractivity contribution in [1.82, 2.24) is 0 Å². The van der Waals surface area contributed by atoms with Gasteiger partial charge in [0.15, 0.2) is 0 Å². The van der Waals surface area contributed by atoms with Gasteiger partial charge in [-0.05, 0) is 12.0 Å². The second kappa shape index (κ2) is 6.14. The van der Waals surface area contributed by atoms with Crippen LogP contribution in [0.15, 0.2) is 18.2 Å². The van der Waals surface area contributed by atoms with Gasteiger partial charge < -0.3 is 16.2 Å². The lowest BCUT2D eigenvalue weighted by atomic mass is 10.1. The topological polar surface area (TPSA) is 109 Å². The molecule has 0 spiro atoms. The van der Waals surface area contributed by atoms with Gasteiger partial charge >= 0.3 is 5.97 Å². The van der Waals surface area contributed by atoms with Crippen molar-refractivity contribution in [3.8, 4) is 0 Å². The molecule has 1 rings (SSSR count). The number of amides is 2. The van der Waals surface area contributed by atoms with Crippen molar-refractivity contribution in [2.75, 3.05) is 5.32 Å². The number of nitrogens with one attached hydrogen (secondary N) is 1. The van der Waals surface area contributed by atoms with Gasteiger partial charge in [0.05, 0.1) is 5.56 Å². The number of aliphatic carboxylic acids is 1. The second-order valence-electron chi connectivity index (χ2n) is 4.07. The second-order valence-corrected chi connectivity index (χ2v) is 5.16. The zero-order valence-electron chi connectivity index (χ0n) is 10.5. The normalized spacial score (nSPS) is 10.9. The van der Waals surface area contributed by atoms with Gasteiger partial charge in [-0.25, -0.2) is 4.79 Å². The van der Waals surface area contributed by atoms with Gasteiger partial charge in [-0.15, -0.1) is 11.3 Å². The molecule has 1 heterocycles. The average Bonchev–Trinajstić information content (AvgIpc) is 2.70. The van der Waals surface area contributed by atoms with Crippen molar-refractivity contribution in [3.05, 3.63) is 28.7 Å². The lowest BCUT2D eigenvalue weighted by Crippen LogP contribution is -2.15. The third-order valence-electron chi connectivity index (χ3n) is 2.20. The first-order valence-corrected chi connectivity index (χ1v) is 6.28. The van der Waals surface area contributed by atoms with E-state index in [0.29, 0.717) is 5.00 Å². The molecule has 6 nitrogen and oxygen atoms in total. The van der Waals surface area contributed by atoms with Crippen LogP contribution in [-0.4, -0.2) is 22.9 Å². The summed E-state index contributed by atoms with van der Waals surface area (Å²) in [6.07, 6.45) is 1.60. The molecule has 0 aliphatic rings. The Hall–Kier alpha value is -2.15. The minimum absolute atomic E-state index is 0.198. The van der Waals surface area contributed by atoms with Crippen LogP contribution >= 0.6 is 11.3 Å². The quantitative estimate of drug-likeness (QED) is 0.712. The Balaban J connectivity index is 2.96. The molecule has 1 aromatic heterocycles. The first kappa shape index (κ1) is 14.9. The molecule has 0 unspecified atom stereocenters. The molecule has 0 radical (unpaired) electrons. The van der Waals surface area contributed by atoms with E-state index in [1.165, 1.54) is 11.3 Å². The smallest absolute Gasteiger partial charge is 0.328 e. The van der Waals surface area contributed by atoms with Gasteiger partial charge in [0.1, 0.15) is 5.00 Å². The Labute approximate surface area is 113 Å². The minimum atomic E-state index is -1.22. The standard InChI is InChI=1S/C12H14N2O4S/c1-6(2)8-5-7(11(13)18)12(19-8)14-9(15)3-4-10(16)17/h3-6H,1-2H3,(H2,13,18)(H,14,15)(H,16,17)/b4-3-. The van der Waals surface area contributed by atoms with Gasteiger partial charge in [-0.2, -0.15) is 0 Å². The van der Waals surface area contributed by atoms with Crippen LogP contribution in [0.1, 0.15) is 35.0 Å². The third-order valence-corrected chi connectivity index (χ3v) is 3.55. The van der Waals surface area contributed by atoms with Gasteiger partial charge in [0.25, 0.3) is 5.91 Å². The van der Waals surface area contributed by atoms with Crippen molar-refractivity contribution in [2.45, 2.75) is 19.8 Å². The highest BCUT2D eigenvalue weighted by atomic mass is 32.1. The van der Waals surface area contributed by atoms with Crippen molar-refractivity contribution in [3.63, 3.8) is 0 Å². The number of thiophene rings is 1. The van der Waals surface area contributed by atoms with Crippen LogP contribution < -0.4 is 11.1 Å². The third kappa shape index (κ3) is 4.22. The Morgan fingerprint density at radius 2 is 2.00 bits per heavy atom. The fourth-order valence-corrected chi connectivity index (χ4v) is 2.34. The maximum atomic E-state index is 11.5. The maximum Gasteiger partial charge on any atom is 0.328 e. The van der Waals surface area contributed by atoms with Crippen molar-refractivity contribution < 1.29 is 19.5 Å². The highest BCUT2D eigenvalue weighted by Crippen LogP contribution is 2.32. The van der Waals surface area contributed by atoms with E-state index < -0.39 is 17.8 Å². The van der Waals surface area contributed by atoms with E-state index in [0.717, 1.165) is 17.0 Å². The van der Waals surface area contributed by atoms with Crippen molar-refractivity contribution >= 4 is 34.1 Å². The molecule has 0 aliphatic heterocycles. The Morgan fingerprint density at radius 3 is 2.47 bits per heavy atom. The minimum Gasteiger partial charge on any atom is -0.478 e. The van der Waals surface area contributed by atoms with Crippen LogP contribution in [0.2, 0.25) is 0 Å². The molecule has 102 valence electrons. The van der Waals surface area contributed by atoms with Gasteiger partial charge in [-0.1, -0.05) is 13.8 Å². The lowest BCUT2D eigenvalue weighted by Gasteiger charge is -2.00. The van der Waals surface area contributed by atoms with E-state index in [1.54, 1.807) is 6.07 Å². The largest absolute Gasteiger partial charge is 0.478 e. The molecule has 7 heteroatoms. The summed E-state index contributed by atoms with van der Waals surface area (Å²) in [5.74, 6) is -2.29. The van der Waals surface area contributed by atoms with E-state index in [-0.39, 0.29) is 11.5 Å². The molecule has 0 saturated carbocycles. The lowest BCUT2D eigenvalue weighted by molar-refractivity contribution is -0.131. The van der Waals surface area contributed by atoms with E-state index in [2.05, 4.69) is 5.32 Å². The summed E-state index contributed by atoms with van der Waals surface area (Å²) in [5.41, 5.74) is 5.46. The molecule has 0 aromatic carbocycles. The number of anilines is 1. The summed E-state index contributed by atoms with van der Waals surface area (Å²) in [5, 5.41) is 11.2. The number of hydrogen-bond donors (Lipinski definition) is 3. The highest BCUT2D eigenvalue weighted by Gasteiger charge is 2.16. The van der Waals surface area contributed by atoms with Crippen LogP contribution in [0.5, 0.6) is 0 Å². The molecule has 0 saturated heterocycles. The SMILES string of the molecule is CC(C)c1cc(C(N)=O)c(NC(=O)/C=C\C(=O)O)s1. The first-order chi connectivity index (χ1) is 8.81. The number of carboxylic acids is 1. The average molecular weight is 282 g/mol.